The Kier molecular flexibility index (Phi) is 5.65. The number of carbonyl (C=O) groups excluding carboxylic acids is 1. The fourth-order valence-electron chi connectivity index (χ4n) is 2.11. The van der Waals surface area contributed by atoms with Gasteiger partial charge in [0.2, 0.25) is 5.91 Å². The molecule has 1 fully saturated rings. The summed E-state index contributed by atoms with van der Waals surface area (Å²) < 4.78 is 0. The van der Waals surface area contributed by atoms with Gasteiger partial charge in [0.1, 0.15) is 0 Å². The molecule has 1 aliphatic heterocycles. The minimum atomic E-state index is -0.277. The zero-order valence-electron chi connectivity index (χ0n) is 9.67. The van der Waals surface area contributed by atoms with E-state index < -0.39 is 0 Å². The Morgan fingerprint density at radius 3 is 3.00 bits per heavy atom. The Morgan fingerprint density at radius 2 is 2.33 bits per heavy atom. The molecular weight excluding hydrogens is 190 g/mol. The molecule has 1 aliphatic rings. The van der Waals surface area contributed by atoms with E-state index in [-0.39, 0.29) is 5.91 Å². The predicted molar refractivity (Wildman–Crippen MR) is 61.6 cm³/mol. The molecule has 1 atom stereocenters. The molecule has 1 saturated heterocycles. The van der Waals surface area contributed by atoms with Crippen LogP contribution in [0.4, 0.5) is 0 Å². The molecule has 1 rings (SSSR count). The second kappa shape index (κ2) is 6.80. The van der Waals surface area contributed by atoms with Crippen molar-refractivity contribution in [3.63, 3.8) is 0 Å². The lowest BCUT2D eigenvalue weighted by Crippen LogP contribution is -2.39. The molecule has 4 heteroatoms. The lowest BCUT2D eigenvalue weighted by Gasteiger charge is -2.33. The lowest BCUT2D eigenvalue weighted by molar-refractivity contribution is -0.117. The summed E-state index contributed by atoms with van der Waals surface area (Å²) in [5, 5.41) is 3.04. The van der Waals surface area contributed by atoms with Crippen molar-refractivity contribution in [2.75, 3.05) is 26.2 Å². The average molecular weight is 213 g/mol. The third kappa shape index (κ3) is 5.14. The van der Waals surface area contributed by atoms with Gasteiger partial charge < -0.3 is 16.0 Å². The molecule has 1 amide bonds. The second-order valence-corrected chi connectivity index (χ2v) is 4.38. The first-order valence-corrected chi connectivity index (χ1v) is 5.93. The largest absolute Gasteiger partial charge is 0.369 e. The van der Waals surface area contributed by atoms with Crippen LogP contribution in [0.25, 0.3) is 0 Å². The lowest BCUT2D eigenvalue weighted by atomic mass is 10.0. The Labute approximate surface area is 92.2 Å². The quantitative estimate of drug-likeness (QED) is 0.625. The van der Waals surface area contributed by atoms with Gasteiger partial charge in [-0.2, -0.15) is 0 Å². The van der Waals surface area contributed by atoms with Crippen molar-refractivity contribution >= 4 is 5.91 Å². The first-order valence-electron chi connectivity index (χ1n) is 5.93. The van der Waals surface area contributed by atoms with Crippen LogP contribution in [0, 0.1) is 0 Å². The van der Waals surface area contributed by atoms with E-state index >= 15 is 0 Å². The van der Waals surface area contributed by atoms with Crippen LogP contribution in [0.3, 0.4) is 0 Å². The van der Waals surface area contributed by atoms with Gasteiger partial charge >= 0.3 is 0 Å². The molecule has 4 nitrogen and oxygen atoms in total. The van der Waals surface area contributed by atoms with Crippen molar-refractivity contribution in [2.45, 2.75) is 38.6 Å². The number of nitrogens with two attached hydrogens (primary N) is 1. The number of primary amides is 1. The topological polar surface area (TPSA) is 58.4 Å². The molecule has 0 aliphatic carbocycles. The van der Waals surface area contributed by atoms with Gasteiger partial charge in [-0.1, -0.05) is 6.42 Å². The number of nitrogens with zero attached hydrogens (tertiary/aromatic N) is 1. The molecule has 0 aromatic carbocycles. The zero-order valence-corrected chi connectivity index (χ0v) is 9.67. The number of amides is 1. The van der Waals surface area contributed by atoms with Gasteiger partial charge in [0.15, 0.2) is 0 Å². The minimum Gasteiger partial charge on any atom is -0.369 e. The predicted octanol–water partition coefficient (Wildman–Crippen LogP) is 0.326. The van der Waals surface area contributed by atoms with Crippen LogP contribution in [0.5, 0.6) is 0 Å². The molecule has 0 radical (unpaired) electrons. The fourth-order valence-corrected chi connectivity index (χ4v) is 2.11. The first kappa shape index (κ1) is 12.5. The maximum absolute atomic E-state index is 10.5. The summed E-state index contributed by atoms with van der Waals surface area (Å²) >= 11 is 0. The molecule has 1 unspecified atom stereocenters. The molecule has 3 N–H and O–H groups in total. The minimum absolute atomic E-state index is 0.277. The van der Waals surface area contributed by atoms with Crippen molar-refractivity contribution in [1.82, 2.24) is 10.2 Å². The summed E-state index contributed by atoms with van der Waals surface area (Å²) in [5.41, 5.74) is 5.03. The molecule has 15 heavy (non-hydrogen) atoms. The van der Waals surface area contributed by atoms with E-state index in [1.807, 2.05) is 0 Å². The number of rotatable bonds is 6. The Balaban J connectivity index is 2.01. The van der Waals surface area contributed by atoms with E-state index in [1.54, 1.807) is 0 Å². The first-order chi connectivity index (χ1) is 7.20. The van der Waals surface area contributed by atoms with E-state index in [0.717, 1.165) is 25.6 Å². The smallest absolute Gasteiger partial charge is 0.231 e. The molecule has 88 valence electrons. The third-order valence-electron chi connectivity index (χ3n) is 3.04. The van der Waals surface area contributed by atoms with Crippen LogP contribution in [-0.4, -0.2) is 43.0 Å². The fraction of sp³-hybridized carbons (Fsp3) is 0.909. The molecule has 0 aromatic heterocycles. The van der Waals surface area contributed by atoms with Gasteiger partial charge in [-0.25, -0.2) is 0 Å². The summed E-state index contributed by atoms with van der Waals surface area (Å²) in [6.07, 6.45) is 5.13. The van der Waals surface area contributed by atoms with Crippen molar-refractivity contribution < 1.29 is 4.79 Å². The third-order valence-corrected chi connectivity index (χ3v) is 3.04. The van der Waals surface area contributed by atoms with E-state index in [0.29, 0.717) is 6.54 Å². The van der Waals surface area contributed by atoms with Crippen LogP contribution >= 0.6 is 0 Å². The number of nitrogens with one attached hydrogen (secondary N) is 1. The normalized spacial score (nSPS) is 22.9. The molecular formula is C11H23N3O. The standard InChI is InChI=1S/C11H23N3O/c1-10-5-2-3-7-14(10)8-4-6-13-9-11(12)15/h10,13H,2-9H2,1H3,(H2,12,15). The van der Waals surface area contributed by atoms with Crippen molar-refractivity contribution in [3.05, 3.63) is 0 Å². The highest BCUT2D eigenvalue weighted by Gasteiger charge is 2.16. The maximum Gasteiger partial charge on any atom is 0.231 e. The summed E-state index contributed by atoms with van der Waals surface area (Å²) in [6, 6.07) is 0.731. The van der Waals surface area contributed by atoms with E-state index in [9.17, 15) is 4.79 Å². The summed E-state index contributed by atoms with van der Waals surface area (Å²) in [4.78, 5) is 13.0. The highest BCUT2D eigenvalue weighted by atomic mass is 16.1. The maximum atomic E-state index is 10.5. The number of carbonyl (C=O) groups is 1. The Morgan fingerprint density at radius 1 is 1.53 bits per heavy atom. The van der Waals surface area contributed by atoms with Gasteiger partial charge in [0.25, 0.3) is 0 Å². The van der Waals surface area contributed by atoms with Gasteiger partial charge in [-0.15, -0.1) is 0 Å². The van der Waals surface area contributed by atoms with Crippen molar-refractivity contribution in [3.8, 4) is 0 Å². The van der Waals surface area contributed by atoms with Crippen LogP contribution in [0.15, 0.2) is 0 Å². The zero-order chi connectivity index (χ0) is 11.1. The number of likely N-dealkylation sites (tertiary alicyclic amines) is 1. The molecule has 0 saturated carbocycles. The van der Waals surface area contributed by atoms with Crippen LogP contribution < -0.4 is 11.1 Å². The Hall–Kier alpha value is -0.610. The molecule has 0 bridgehead atoms. The SMILES string of the molecule is CC1CCCCN1CCCNCC(N)=O. The van der Waals surface area contributed by atoms with Crippen LogP contribution in [0.1, 0.15) is 32.6 Å². The van der Waals surface area contributed by atoms with E-state index in [2.05, 4.69) is 17.1 Å². The summed E-state index contributed by atoms with van der Waals surface area (Å²) in [6.45, 7) is 5.85. The van der Waals surface area contributed by atoms with E-state index in [4.69, 9.17) is 5.73 Å². The molecule has 0 spiro atoms. The molecule has 1 heterocycles. The monoisotopic (exact) mass is 213 g/mol. The number of hydrogen-bond donors (Lipinski definition) is 2. The van der Waals surface area contributed by atoms with Crippen molar-refractivity contribution in [1.29, 1.82) is 0 Å². The van der Waals surface area contributed by atoms with Gasteiger partial charge in [0, 0.05) is 6.04 Å². The van der Waals surface area contributed by atoms with E-state index in [1.165, 1.54) is 25.8 Å². The Bertz CT molecular complexity index is 196. The highest BCUT2D eigenvalue weighted by molar-refractivity contribution is 5.75. The average Bonchev–Trinajstić information content (AvgIpc) is 2.20. The van der Waals surface area contributed by atoms with Gasteiger partial charge in [0.05, 0.1) is 6.54 Å². The van der Waals surface area contributed by atoms with Crippen LogP contribution in [-0.2, 0) is 4.79 Å². The van der Waals surface area contributed by atoms with Gasteiger partial charge in [-0.05, 0) is 45.8 Å². The summed E-state index contributed by atoms with van der Waals surface area (Å²) in [5.74, 6) is -0.277. The number of hydrogen-bond acceptors (Lipinski definition) is 3. The van der Waals surface area contributed by atoms with Crippen molar-refractivity contribution in [2.24, 2.45) is 5.73 Å². The highest BCUT2D eigenvalue weighted by Crippen LogP contribution is 2.15. The van der Waals surface area contributed by atoms with Gasteiger partial charge in [-0.3, -0.25) is 4.79 Å². The van der Waals surface area contributed by atoms with Crippen LogP contribution in [0.2, 0.25) is 0 Å². The summed E-state index contributed by atoms with van der Waals surface area (Å²) in [7, 11) is 0. The number of piperidine rings is 1. The molecule has 0 aromatic rings. The second-order valence-electron chi connectivity index (χ2n) is 4.38.